The summed E-state index contributed by atoms with van der Waals surface area (Å²) in [6, 6.07) is 8.87. The molecule has 29 heavy (non-hydrogen) atoms. The van der Waals surface area contributed by atoms with Crippen molar-refractivity contribution in [2.45, 2.75) is 37.6 Å². The first-order chi connectivity index (χ1) is 13.5. The zero-order valence-corrected chi connectivity index (χ0v) is 17.2. The van der Waals surface area contributed by atoms with Crippen LogP contribution >= 0.6 is 0 Å². The molecule has 0 saturated heterocycles. The first kappa shape index (κ1) is 20.9. The number of nitro groups is 1. The molecule has 1 aliphatic heterocycles. The zero-order valence-electron chi connectivity index (χ0n) is 16.4. The second kappa shape index (κ2) is 7.88. The van der Waals surface area contributed by atoms with Crippen LogP contribution in [0.15, 0.2) is 41.3 Å². The molecule has 0 radical (unpaired) electrons. The van der Waals surface area contributed by atoms with Gasteiger partial charge in [-0.15, -0.1) is 0 Å². The Labute approximate surface area is 169 Å². The van der Waals surface area contributed by atoms with Gasteiger partial charge in [-0.25, -0.2) is 13.1 Å². The van der Waals surface area contributed by atoms with Crippen molar-refractivity contribution in [2.24, 2.45) is 0 Å². The van der Waals surface area contributed by atoms with Crippen molar-refractivity contribution in [1.29, 1.82) is 0 Å². The largest absolute Gasteiger partial charge is 0.490 e. The maximum absolute atomic E-state index is 12.5. The average molecular weight is 421 g/mol. The van der Waals surface area contributed by atoms with Crippen molar-refractivity contribution >= 4 is 27.1 Å². The number of ether oxygens (including phenoxy) is 2. The first-order valence-corrected chi connectivity index (χ1v) is 10.5. The third-order valence-electron chi connectivity index (χ3n) is 3.94. The maximum Gasteiger partial charge on any atom is 0.294 e. The number of sulfonamides is 1. The Balaban J connectivity index is 1.92. The molecule has 2 aromatic carbocycles. The summed E-state index contributed by atoms with van der Waals surface area (Å²) in [7, 11) is -3.90. The fourth-order valence-electron chi connectivity index (χ4n) is 2.79. The van der Waals surface area contributed by atoms with Crippen LogP contribution in [0.4, 0.5) is 17.1 Å². The molecule has 10 heteroatoms. The summed E-state index contributed by atoms with van der Waals surface area (Å²) in [4.78, 5) is 10.8. The van der Waals surface area contributed by atoms with Gasteiger partial charge >= 0.3 is 0 Å². The molecule has 3 rings (SSSR count). The molecule has 0 aromatic heterocycles. The number of hydrogen-bond acceptors (Lipinski definition) is 7. The number of nitrogens with zero attached hydrogens (tertiary/aromatic N) is 1. The van der Waals surface area contributed by atoms with Crippen molar-refractivity contribution < 1.29 is 22.8 Å². The molecule has 0 amide bonds. The average Bonchev–Trinajstić information content (AvgIpc) is 2.84. The quantitative estimate of drug-likeness (QED) is 0.559. The summed E-state index contributed by atoms with van der Waals surface area (Å²) >= 11 is 0. The highest BCUT2D eigenvalue weighted by molar-refractivity contribution is 7.89. The van der Waals surface area contributed by atoms with Crippen LogP contribution in [0.25, 0.3) is 0 Å². The lowest BCUT2D eigenvalue weighted by Crippen LogP contribution is -2.40. The van der Waals surface area contributed by atoms with Crippen LogP contribution < -0.4 is 19.5 Å². The Hall–Kier alpha value is -2.85. The highest BCUT2D eigenvalue weighted by atomic mass is 32.2. The predicted molar refractivity (Wildman–Crippen MR) is 109 cm³/mol. The molecule has 9 nitrogen and oxygen atoms in total. The Morgan fingerprint density at radius 1 is 1.03 bits per heavy atom. The molecule has 0 aliphatic carbocycles. The van der Waals surface area contributed by atoms with E-state index in [-0.39, 0.29) is 16.3 Å². The third kappa shape index (κ3) is 5.15. The van der Waals surface area contributed by atoms with Crippen LogP contribution in [0.1, 0.15) is 27.2 Å². The van der Waals surface area contributed by atoms with Crippen LogP contribution in [-0.2, 0) is 10.0 Å². The molecular weight excluding hydrogens is 398 g/mol. The Morgan fingerprint density at radius 2 is 1.72 bits per heavy atom. The van der Waals surface area contributed by atoms with Gasteiger partial charge in [-0.1, -0.05) is 0 Å². The summed E-state index contributed by atoms with van der Waals surface area (Å²) < 4.78 is 38.7. The van der Waals surface area contributed by atoms with Gasteiger partial charge in [0.25, 0.3) is 5.69 Å². The van der Waals surface area contributed by atoms with Gasteiger partial charge in [0.15, 0.2) is 11.5 Å². The summed E-state index contributed by atoms with van der Waals surface area (Å²) in [5, 5.41) is 14.5. The SMILES string of the molecule is CC(C)(C)NS(=O)(=O)c1ccc(Nc2ccc3c(c2)OCCCO3)c([N+](=O)[O-])c1. The monoisotopic (exact) mass is 421 g/mol. The molecule has 2 N–H and O–H groups in total. The smallest absolute Gasteiger partial charge is 0.294 e. The van der Waals surface area contributed by atoms with Crippen molar-refractivity contribution in [1.82, 2.24) is 4.72 Å². The highest BCUT2D eigenvalue weighted by Gasteiger charge is 2.25. The normalized spacial score (nSPS) is 14.2. The Kier molecular flexibility index (Phi) is 5.67. The third-order valence-corrected chi connectivity index (χ3v) is 5.70. The molecule has 0 bridgehead atoms. The van der Waals surface area contributed by atoms with E-state index in [1.165, 1.54) is 12.1 Å². The Morgan fingerprint density at radius 3 is 2.38 bits per heavy atom. The van der Waals surface area contributed by atoms with Gasteiger partial charge in [-0.3, -0.25) is 10.1 Å². The topological polar surface area (TPSA) is 120 Å². The van der Waals surface area contributed by atoms with Gasteiger partial charge in [0.05, 0.1) is 23.0 Å². The molecule has 0 atom stereocenters. The lowest BCUT2D eigenvalue weighted by molar-refractivity contribution is -0.384. The van der Waals surface area contributed by atoms with Gasteiger partial charge in [0, 0.05) is 29.8 Å². The molecule has 156 valence electrons. The van der Waals surface area contributed by atoms with E-state index in [4.69, 9.17) is 9.47 Å². The minimum atomic E-state index is -3.90. The number of nitrogens with one attached hydrogen (secondary N) is 2. The number of rotatable bonds is 5. The summed E-state index contributed by atoms with van der Waals surface area (Å²) in [6.45, 7) is 6.16. The lowest BCUT2D eigenvalue weighted by Gasteiger charge is -2.20. The Bertz CT molecular complexity index is 1030. The number of hydrogen-bond donors (Lipinski definition) is 2. The van der Waals surface area contributed by atoms with E-state index >= 15 is 0 Å². The van der Waals surface area contributed by atoms with Crippen molar-refractivity contribution in [3.63, 3.8) is 0 Å². The van der Waals surface area contributed by atoms with Gasteiger partial charge in [0.2, 0.25) is 10.0 Å². The van der Waals surface area contributed by atoms with Crippen LogP contribution in [-0.4, -0.2) is 32.1 Å². The maximum atomic E-state index is 12.5. The number of fused-ring (bicyclic) bond motifs is 1. The summed E-state index contributed by atoms with van der Waals surface area (Å²) in [6.07, 6.45) is 0.765. The van der Waals surface area contributed by atoms with E-state index < -0.39 is 20.5 Å². The fraction of sp³-hybridized carbons (Fsp3) is 0.368. The summed E-state index contributed by atoms with van der Waals surface area (Å²) in [5.41, 5.74) is -0.345. The van der Waals surface area contributed by atoms with E-state index in [0.29, 0.717) is 30.4 Å². The molecule has 0 fully saturated rings. The fourth-order valence-corrected chi connectivity index (χ4v) is 4.23. The standard InChI is InChI=1S/C19H23N3O6S/c1-19(2,3)21-29(25,26)14-6-7-15(16(12-14)22(23)24)20-13-5-8-17-18(11-13)28-10-4-9-27-17/h5-8,11-12,20-21H,4,9-10H2,1-3H3. The van der Waals surface area contributed by atoms with E-state index in [1.807, 2.05) is 0 Å². The van der Waals surface area contributed by atoms with Gasteiger partial charge < -0.3 is 14.8 Å². The van der Waals surface area contributed by atoms with E-state index in [9.17, 15) is 18.5 Å². The molecule has 2 aromatic rings. The number of benzene rings is 2. The van der Waals surface area contributed by atoms with Gasteiger partial charge in [0.1, 0.15) is 5.69 Å². The second-order valence-corrected chi connectivity index (χ2v) is 9.31. The molecule has 1 aliphatic rings. The molecule has 0 unspecified atom stereocenters. The van der Waals surface area contributed by atoms with Gasteiger partial charge in [-0.05, 0) is 45.0 Å². The number of nitro benzene ring substituents is 1. The van der Waals surface area contributed by atoms with E-state index in [0.717, 1.165) is 12.5 Å². The van der Waals surface area contributed by atoms with Crippen molar-refractivity contribution in [2.75, 3.05) is 18.5 Å². The van der Waals surface area contributed by atoms with Gasteiger partial charge in [-0.2, -0.15) is 0 Å². The van der Waals surface area contributed by atoms with E-state index in [1.54, 1.807) is 39.0 Å². The lowest BCUT2D eigenvalue weighted by atomic mass is 10.1. The molecule has 1 heterocycles. The minimum absolute atomic E-state index is 0.166. The van der Waals surface area contributed by atoms with Crippen LogP contribution in [0.5, 0.6) is 11.5 Å². The first-order valence-electron chi connectivity index (χ1n) is 9.04. The second-order valence-electron chi connectivity index (χ2n) is 7.63. The van der Waals surface area contributed by atoms with Crippen molar-refractivity contribution in [3.05, 3.63) is 46.5 Å². The van der Waals surface area contributed by atoms with Crippen LogP contribution in [0.2, 0.25) is 0 Å². The molecular formula is C19H23N3O6S. The van der Waals surface area contributed by atoms with Crippen molar-refractivity contribution in [3.8, 4) is 11.5 Å². The molecule has 0 spiro atoms. The van der Waals surface area contributed by atoms with Crippen LogP contribution in [0, 0.1) is 10.1 Å². The highest BCUT2D eigenvalue weighted by Crippen LogP contribution is 2.35. The minimum Gasteiger partial charge on any atom is -0.490 e. The summed E-state index contributed by atoms with van der Waals surface area (Å²) in [5.74, 6) is 1.15. The predicted octanol–water partition coefficient (Wildman–Crippen LogP) is 3.58. The van der Waals surface area contributed by atoms with Crippen LogP contribution in [0.3, 0.4) is 0 Å². The van der Waals surface area contributed by atoms with E-state index in [2.05, 4.69) is 10.0 Å². The number of anilines is 2. The zero-order chi connectivity index (χ0) is 21.2. The molecule has 0 saturated carbocycles.